The molecule has 1 aliphatic rings. The third-order valence-corrected chi connectivity index (χ3v) is 4.74. The Morgan fingerprint density at radius 1 is 1.45 bits per heavy atom. The van der Waals surface area contributed by atoms with Gasteiger partial charge in [-0.15, -0.1) is 11.3 Å². The van der Waals surface area contributed by atoms with Crippen LogP contribution in [0.3, 0.4) is 0 Å². The number of carboxylic acid groups (broad SMARTS) is 1. The van der Waals surface area contributed by atoms with Crippen LogP contribution in [0.5, 0.6) is 0 Å². The fourth-order valence-corrected chi connectivity index (χ4v) is 3.48. The highest BCUT2D eigenvalue weighted by Gasteiger charge is 2.22. The maximum absolute atomic E-state index is 11.3. The molecule has 2 aromatic rings. The largest absolute Gasteiger partial charge is 0.476 e. The first-order valence-corrected chi connectivity index (χ1v) is 7.89. The van der Waals surface area contributed by atoms with E-state index in [0.29, 0.717) is 24.0 Å². The van der Waals surface area contributed by atoms with Gasteiger partial charge in [-0.2, -0.15) is 0 Å². The van der Waals surface area contributed by atoms with Crippen molar-refractivity contribution in [1.82, 2.24) is 4.98 Å². The average Bonchev–Trinajstić information content (AvgIpc) is 3.17. The Bertz CT molecular complexity index is 582. The molecule has 2 heterocycles. The van der Waals surface area contributed by atoms with Gasteiger partial charge in [-0.3, -0.25) is 0 Å². The Balaban J connectivity index is 1.79. The molecule has 0 unspecified atom stereocenters. The van der Waals surface area contributed by atoms with E-state index < -0.39 is 5.97 Å². The number of carbonyl (C=O) groups is 1. The van der Waals surface area contributed by atoms with Crippen LogP contribution >= 0.6 is 11.3 Å². The summed E-state index contributed by atoms with van der Waals surface area (Å²) < 4.78 is 5.70. The van der Waals surface area contributed by atoms with E-state index in [1.54, 1.807) is 0 Å². The van der Waals surface area contributed by atoms with Crippen molar-refractivity contribution in [3.8, 4) is 10.8 Å². The summed E-state index contributed by atoms with van der Waals surface area (Å²) >= 11 is 1.50. The summed E-state index contributed by atoms with van der Waals surface area (Å²) in [6, 6.07) is 3.80. The predicted molar refractivity (Wildman–Crippen MR) is 77.1 cm³/mol. The average molecular weight is 291 g/mol. The van der Waals surface area contributed by atoms with E-state index in [2.05, 4.69) is 4.98 Å². The molecule has 0 aliphatic heterocycles. The fourth-order valence-electron chi connectivity index (χ4n) is 2.83. The van der Waals surface area contributed by atoms with Crippen molar-refractivity contribution in [3.63, 3.8) is 0 Å². The Kier molecular flexibility index (Phi) is 3.87. The van der Waals surface area contributed by atoms with Crippen molar-refractivity contribution in [1.29, 1.82) is 0 Å². The molecule has 3 rings (SSSR count). The highest BCUT2D eigenvalue weighted by Crippen LogP contribution is 2.31. The zero-order chi connectivity index (χ0) is 13.9. The maximum atomic E-state index is 11.3. The Hall–Kier alpha value is -1.62. The molecule has 0 radical (unpaired) electrons. The van der Waals surface area contributed by atoms with Gasteiger partial charge < -0.3 is 9.52 Å². The molecule has 0 aromatic carbocycles. The van der Waals surface area contributed by atoms with Gasteiger partial charge in [0.2, 0.25) is 5.89 Å². The molecule has 1 saturated carbocycles. The second kappa shape index (κ2) is 5.79. The van der Waals surface area contributed by atoms with Gasteiger partial charge in [0.05, 0.1) is 4.88 Å². The molecule has 1 aliphatic carbocycles. The highest BCUT2D eigenvalue weighted by molar-refractivity contribution is 7.13. The number of aryl methyl sites for hydroxylation is 1. The van der Waals surface area contributed by atoms with Gasteiger partial charge in [0, 0.05) is 6.42 Å². The lowest BCUT2D eigenvalue weighted by atomic mass is 10.0. The Morgan fingerprint density at radius 3 is 2.90 bits per heavy atom. The van der Waals surface area contributed by atoms with Crippen molar-refractivity contribution in [2.45, 2.75) is 38.5 Å². The molecular weight excluding hydrogens is 274 g/mol. The maximum Gasteiger partial charge on any atom is 0.358 e. The normalized spacial score (nSPS) is 15.8. The topological polar surface area (TPSA) is 63.3 Å². The van der Waals surface area contributed by atoms with Crippen LogP contribution in [0.15, 0.2) is 21.9 Å². The summed E-state index contributed by atoms with van der Waals surface area (Å²) in [5.41, 5.74) is 0.0754. The third-order valence-electron chi connectivity index (χ3n) is 3.89. The number of nitrogens with zero attached hydrogens (tertiary/aromatic N) is 1. The predicted octanol–water partition coefficient (Wildman–Crippen LogP) is 4.22. The monoisotopic (exact) mass is 291 g/mol. The van der Waals surface area contributed by atoms with Crippen LogP contribution in [-0.2, 0) is 6.42 Å². The molecule has 2 aromatic heterocycles. The molecule has 20 heavy (non-hydrogen) atoms. The minimum absolute atomic E-state index is 0.0754. The second-order valence-electron chi connectivity index (χ2n) is 5.26. The van der Waals surface area contributed by atoms with Crippen LogP contribution < -0.4 is 0 Å². The van der Waals surface area contributed by atoms with E-state index in [4.69, 9.17) is 4.42 Å². The van der Waals surface area contributed by atoms with Crippen molar-refractivity contribution >= 4 is 17.3 Å². The number of thiophene rings is 1. The fraction of sp³-hybridized carbons (Fsp3) is 0.467. The summed E-state index contributed by atoms with van der Waals surface area (Å²) in [4.78, 5) is 16.3. The van der Waals surface area contributed by atoms with E-state index in [0.717, 1.165) is 11.3 Å². The van der Waals surface area contributed by atoms with Gasteiger partial charge in [0.15, 0.2) is 5.69 Å². The van der Waals surface area contributed by atoms with Gasteiger partial charge in [0.25, 0.3) is 0 Å². The number of hydrogen-bond donors (Lipinski definition) is 1. The zero-order valence-electron chi connectivity index (χ0n) is 11.2. The number of rotatable bonds is 5. The van der Waals surface area contributed by atoms with Crippen LogP contribution in [-0.4, -0.2) is 16.1 Å². The summed E-state index contributed by atoms with van der Waals surface area (Å²) in [5, 5.41) is 11.2. The molecule has 0 atom stereocenters. The highest BCUT2D eigenvalue weighted by atomic mass is 32.1. The number of aromatic nitrogens is 1. The molecule has 5 heteroatoms. The molecule has 106 valence electrons. The first kappa shape index (κ1) is 13.4. The van der Waals surface area contributed by atoms with Crippen molar-refractivity contribution in [2.24, 2.45) is 5.92 Å². The van der Waals surface area contributed by atoms with Crippen LogP contribution in [0, 0.1) is 5.92 Å². The first-order valence-electron chi connectivity index (χ1n) is 7.01. The number of hydrogen-bond acceptors (Lipinski definition) is 4. The van der Waals surface area contributed by atoms with Gasteiger partial charge in [0.1, 0.15) is 5.76 Å². The number of aromatic carboxylic acids is 1. The lowest BCUT2D eigenvalue weighted by molar-refractivity contribution is 0.0688. The molecule has 4 nitrogen and oxygen atoms in total. The summed E-state index contributed by atoms with van der Waals surface area (Å²) in [7, 11) is 0. The van der Waals surface area contributed by atoms with Gasteiger partial charge in [-0.05, 0) is 23.8 Å². The van der Waals surface area contributed by atoms with E-state index in [-0.39, 0.29) is 5.69 Å². The third kappa shape index (κ3) is 2.77. The van der Waals surface area contributed by atoms with Crippen LogP contribution in [0.2, 0.25) is 0 Å². The SMILES string of the molecule is O=C(O)c1nc(-c2cccs2)oc1CCC1CCCC1. The quantitative estimate of drug-likeness (QED) is 0.895. The standard InChI is InChI=1S/C15H17NO3S/c17-15(18)13-11(8-7-10-4-1-2-5-10)19-14(16-13)12-6-3-9-20-12/h3,6,9-10H,1-2,4-5,7-8H2,(H,17,18). The second-order valence-corrected chi connectivity index (χ2v) is 6.21. The summed E-state index contributed by atoms with van der Waals surface area (Å²) in [5.74, 6) is 0.663. The van der Waals surface area contributed by atoms with E-state index in [1.807, 2.05) is 17.5 Å². The molecular formula is C15H17NO3S. The van der Waals surface area contributed by atoms with Crippen LogP contribution in [0.1, 0.15) is 48.4 Å². The molecule has 1 N–H and O–H groups in total. The first-order chi connectivity index (χ1) is 9.74. The van der Waals surface area contributed by atoms with E-state index in [1.165, 1.54) is 37.0 Å². The molecule has 0 bridgehead atoms. The number of carboxylic acids is 1. The smallest absolute Gasteiger partial charge is 0.358 e. The minimum Gasteiger partial charge on any atom is -0.476 e. The van der Waals surface area contributed by atoms with E-state index in [9.17, 15) is 9.90 Å². The Morgan fingerprint density at radius 2 is 2.25 bits per heavy atom. The molecule has 1 fully saturated rings. The van der Waals surface area contributed by atoms with Gasteiger partial charge >= 0.3 is 5.97 Å². The Labute approximate surface area is 121 Å². The van der Waals surface area contributed by atoms with Crippen molar-refractivity contribution in [3.05, 3.63) is 29.0 Å². The summed E-state index contributed by atoms with van der Waals surface area (Å²) in [6.07, 6.45) is 6.79. The molecule has 0 amide bonds. The van der Waals surface area contributed by atoms with Crippen molar-refractivity contribution < 1.29 is 14.3 Å². The lowest BCUT2D eigenvalue weighted by Gasteiger charge is -2.06. The number of oxazole rings is 1. The molecule has 0 spiro atoms. The van der Waals surface area contributed by atoms with Gasteiger partial charge in [-0.1, -0.05) is 31.7 Å². The van der Waals surface area contributed by atoms with Crippen LogP contribution in [0.4, 0.5) is 0 Å². The van der Waals surface area contributed by atoms with Crippen LogP contribution in [0.25, 0.3) is 10.8 Å². The summed E-state index contributed by atoms with van der Waals surface area (Å²) in [6.45, 7) is 0. The van der Waals surface area contributed by atoms with E-state index >= 15 is 0 Å². The minimum atomic E-state index is -1.00. The molecule has 0 saturated heterocycles. The van der Waals surface area contributed by atoms with Crippen molar-refractivity contribution in [2.75, 3.05) is 0 Å². The zero-order valence-corrected chi connectivity index (χ0v) is 12.0. The lowest BCUT2D eigenvalue weighted by Crippen LogP contribution is -2.03. The van der Waals surface area contributed by atoms with Gasteiger partial charge in [-0.25, -0.2) is 9.78 Å².